The lowest BCUT2D eigenvalue weighted by Crippen LogP contribution is -2.57. The second kappa shape index (κ2) is 10.1. The van der Waals surface area contributed by atoms with E-state index < -0.39 is 11.7 Å². The van der Waals surface area contributed by atoms with Gasteiger partial charge in [0.05, 0.1) is 5.60 Å². The smallest absolute Gasteiger partial charge is 0.303 e. The molecule has 3 saturated carbocycles. The Morgan fingerprint density at radius 1 is 1.15 bits per heavy atom. The summed E-state index contributed by atoms with van der Waals surface area (Å²) in [5.41, 5.74) is 0.0187. The van der Waals surface area contributed by atoms with Gasteiger partial charge in [-0.3, -0.25) is 9.59 Å². The predicted octanol–water partition coefficient (Wildman–Crippen LogP) is 4.93. The lowest BCUT2D eigenvalue weighted by molar-refractivity contribution is -0.148. The number of hydrogen-bond acceptors (Lipinski definition) is 4. The number of carbonyl (C=O) groups excluding carboxylic acids is 2. The summed E-state index contributed by atoms with van der Waals surface area (Å²) in [7, 11) is 0. The quantitative estimate of drug-likeness (QED) is 0.434. The second-order valence-corrected chi connectivity index (χ2v) is 11.7. The molecule has 4 rings (SSSR count). The molecule has 0 saturated heterocycles. The van der Waals surface area contributed by atoms with Crippen molar-refractivity contribution in [3.8, 4) is 0 Å². The monoisotopic (exact) mass is 458 g/mol. The Bertz CT molecular complexity index is 753. The molecular weight excluding hydrogens is 414 g/mol. The van der Waals surface area contributed by atoms with Gasteiger partial charge in [0.1, 0.15) is 6.10 Å². The van der Waals surface area contributed by atoms with E-state index in [4.69, 9.17) is 4.74 Å². The summed E-state index contributed by atoms with van der Waals surface area (Å²) in [5, 5.41) is 11.8. The summed E-state index contributed by atoms with van der Waals surface area (Å²) in [4.78, 5) is 27.0. The molecule has 0 spiro atoms. The van der Waals surface area contributed by atoms with E-state index in [2.05, 4.69) is 24.8 Å². The van der Waals surface area contributed by atoms with E-state index in [1.807, 2.05) is 13.3 Å². The van der Waals surface area contributed by atoms with Crippen LogP contribution in [0.25, 0.3) is 0 Å². The largest absolute Gasteiger partial charge is 0.458 e. The zero-order chi connectivity index (χ0) is 23.8. The molecule has 33 heavy (non-hydrogen) atoms. The first kappa shape index (κ1) is 24.8. The summed E-state index contributed by atoms with van der Waals surface area (Å²) < 4.78 is 5.50. The minimum atomic E-state index is -0.981. The van der Waals surface area contributed by atoms with Crippen LogP contribution in [-0.2, 0) is 14.3 Å². The zero-order valence-corrected chi connectivity index (χ0v) is 21.1. The summed E-state index contributed by atoms with van der Waals surface area (Å²) in [6.45, 7) is 9.50. The highest BCUT2D eigenvalue weighted by Gasteiger charge is 2.53. The lowest BCUT2D eigenvalue weighted by atomic mass is 9.57. The Morgan fingerprint density at radius 2 is 1.85 bits per heavy atom. The van der Waals surface area contributed by atoms with Gasteiger partial charge in [-0.05, 0) is 74.7 Å². The average molecular weight is 459 g/mol. The highest BCUT2D eigenvalue weighted by atomic mass is 16.5. The van der Waals surface area contributed by atoms with Gasteiger partial charge in [0.25, 0.3) is 0 Å². The number of amides is 1. The maximum absolute atomic E-state index is 13.2. The fourth-order valence-corrected chi connectivity index (χ4v) is 6.76. The van der Waals surface area contributed by atoms with Crippen LogP contribution < -0.4 is 0 Å². The van der Waals surface area contributed by atoms with Gasteiger partial charge in [-0.15, -0.1) is 0 Å². The van der Waals surface area contributed by atoms with Crippen molar-refractivity contribution in [3.63, 3.8) is 0 Å². The van der Waals surface area contributed by atoms with E-state index in [0.29, 0.717) is 23.7 Å². The molecule has 1 unspecified atom stereocenters. The number of rotatable bonds is 7. The number of ether oxygens (including phenoxy) is 1. The van der Waals surface area contributed by atoms with E-state index >= 15 is 0 Å². The predicted molar refractivity (Wildman–Crippen MR) is 129 cm³/mol. The molecule has 0 aromatic heterocycles. The van der Waals surface area contributed by atoms with Crippen LogP contribution in [0.3, 0.4) is 0 Å². The molecule has 0 aromatic carbocycles. The number of aliphatic hydroxyl groups is 1. The third-order valence-corrected chi connectivity index (χ3v) is 9.00. The van der Waals surface area contributed by atoms with E-state index in [1.54, 1.807) is 0 Å². The Balaban J connectivity index is 1.50. The molecule has 4 aliphatic carbocycles. The second-order valence-electron chi connectivity index (χ2n) is 11.7. The highest BCUT2D eigenvalue weighted by Crippen LogP contribution is 2.51. The first-order chi connectivity index (χ1) is 15.7. The lowest BCUT2D eigenvalue weighted by Gasteiger charge is -2.53. The fraction of sp³-hybridized carbons (Fsp3) is 0.821. The number of esters is 1. The molecule has 0 aromatic rings. The third kappa shape index (κ3) is 5.49. The normalized spacial score (nSPS) is 35.8. The van der Waals surface area contributed by atoms with Crippen molar-refractivity contribution in [2.24, 2.45) is 35.5 Å². The molecule has 1 N–H and O–H groups in total. The van der Waals surface area contributed by atoms with Crippen LogP contribution in [0, 0.1) is 41.9 Å². The molecule has 1 radical (unpaired) electrons. The molecule has 5 heteroatoms. The fourth-order valence-electron chi connectivity index (χ4n) is 6.76. The van der Waals surface area contributed by atoms with Gasteiger partial charge >= 0.3 is 5.97 Å². The van der Waals surface area contributed by atoms with Gasteiger partial charge in [0.2, 0.25) is 5.91 Å². The van der Waals surface area contributed by atoms with Crippen molar-refractivity contribution in [1.29, 1.82) is 0 Å². The molecule has 185 valence electrons. The number of hydrogen-bond donors (Lipinski definition) is 1. The Kier molecular flexibility index (Phi) is 7.57. The summed E-state index contributed by atoms with van der Waals surface area (Å²) in [6.07, 6.45) is 14.1. The number of carbonyl (C=O) groups is 2. The van der Waals surface area contributed by atoms with E-state index in [1.165, 1.54) is 39.0 Å². The molecular formula is C28H44NO4. The molecule has 5 nitrogen and oxygen atoms in total. The van der Waals surface area contributed by atoms with Gasteiger partial charge in [-0.2, -0.15) is 0 Å². The van der Waals surface area contributed by atoms with E-state index in [9.17, 15) is 14.7 Å². The van der Waals surface area contributed by atoms with Crippen LogP contribution in [0.1, 0.15) is 85.5 Å². The van der Waals surface area contributed by atoms with Crippen molar-refractivity contribution in [2.75, 3.05) is 13.1 Å². The van der Waals surface area contributed by atoms with Crippen LogP contribution in [0.15, 0.2) is 11.6 Å². The van der Waals surface area contributed by atoms with Crippen molar-refractivity contribution in [3.05, 3.63) is 18.1 Å². The maximum atomic E-state index is 13.2. The van der Waals surface area contributed by atoms with Crippen LogP contribution in [0.5, 0.6) is 0 Å². The maximum Gasteiger partial charge on any atom is 0.303 e. The molecule has 0 bridgehead atoms. The SMILES string of the molecule is CC(=O)O[C@@H]1[CH][C@@]2(O)[C@H](C)CC[C@@H](C(C)CN(CC3CCCCC3)C(=O)C3CC3)[C@H]2C=C1C. The van der Waals surface area contributed by atoms with Gasteiger partial charge < -0.3 is 14.7 Å². The Morgan fingerprint density at radius 3 is 2.48 bits per heavy atom. The Labute approximate surface area is 200 Å². The number of nitrogens with zero attached hydrogens (tertiary/aromatic N) is 1. The first-order valence-corrected chi connectivity index (χ1v) is 13.4. The van der Waals surface area contributed by atoms with Gasteiger partial charge in [0.15, 0.2) is 0 Å². The van der Waals surface area contributed by atoms with Crippen molar-refractivity contribution < 1.29 is 19.4 Å². The van der Waals surface area contributed by atoms with Crippen LogP contribution in [0.2, 0.25) is 0 Å². The minimum Gasteiger partial charge on any atom is -0.458 e. The average Bonchev–Trinajstić information content (AvgIpc) is 3.61. The molecule has 4 aliphatic rings. The van der Waals surface area contributed by atoms with Gasteiger partial charge in [-0.25, -0.2) is 0 Å². The van der Waals surface area contributed by atoms with Crippen molar-refractivity contribution >= 4 is 11.9 Å². The van der Waals surface area contributed by atoms with E-state index in [0.717, 1.165) is 44.3 Å². The topological polar surface area (TPSA) is 66.8 Å². The number of fused-ring (bicyclic) bond motifs is 1. The molecule has 0 aliphatic heterocycles. The minimum absolute atomic E-state index is 0.00406. The summed E-state index contributed by atoms with van der Waals surface area (Å²) in [5.74, 6) is 1.65. The highest BCUT2D eigenvalue weighted by molar-refractivity contribution is 5.81. The zero-order valence-electron chi connectivity index (χ0n) is 21.1. The van der Waals surface area contributed by atoms with Crippen LogP contribution in [-0.4, -0.2) is 46.7 Å². The van der Waals surface area contributed by atoms with Crippen LogP contribution >= 0.6 is 0 Å². The van der Waals surface area contributed by atoms with Crippen LogP contribution in [0.4, 0.5) is 0 Å². The summed E-state index contributed by atoms with van der Waals surface area (Å²) >= 11 is 0. The Hall–Kier alpha value is -1.36. The van der Waals surface area contributed by atoms with Gasteiger partial charge in [-0.1, -0.05) is 39.2 Å². The molecule has 3 fully saturated rings. The van der Waals surface area contributed by atoms with E-state index in [-0.39, 0.29) is 23.7 Å². The van der Waals surface area contributed by atoms with Crippen molar-refractivity contribution in [1.82, 2.24) is 4.90 Å². The first-order valence-electron chi connectivity index (χ1n) is 13.4. The third-order valence-electron chi connectivity index (χ3n) is 9.00. The molecule has 1 amide bonds. The van der Waals surface area contributed by atoms with Crippen molar-refractivity contribution in [2.45, 2.75) is 97.2 Å². The summed E-state index contributed by atoms with van der Waals surface area (Å²) in [6, 6.07) is 0. The van der Waals surface area contributed by atoms with Gasteiger partial charge in [0, 0.05) is 38.3 Å². The molecule has 0 heterocycles. The standard InChI is InChI=1S/C28H44NO4/c1-18-14-25-24(13-10-20(3)28(25,32)15-26(18)33-21(4)30)19(2)16-29(27(31)23-11-12-23)17-22-8-6-5-7-9-22/h14-15,19-20,22-26,32H,5-13,16-17H2,1-4H3/t19?,20-,24+,25-,26-,28-/m1/s1. The molecule has 6 atom stereocenters.